The molecule has 0 unspecified atom stereocenters. The first-order valence-corrected chi connectivity index (χ1v) is 14.6. The Labute approximate surface area is 267 Å². The van der Waals surface area contributed by atoms with Crippen LogP contribution in [0.15, 0.2) is 65.8 Å². The zero-order chi connectivity index (χ0) is 30.6. The number of benzene rings is 3. The fraction of sp³-hybridized carbons (Fsp3) is 0.241. The van der Waals surface area contributed by atoms with Gasteiger partial charge in [0.25, 0.3) is 17.7 Å². The average Bonchev–Trinajstić information content (AvgIpc) is 2.94. The molecule has 3 rings (SSSR count). The van der Waals surface area contributed by atoms with Crippen molar-refractivity contribution in [2.45, 2.75) is 32.4 Å². The largest absolute Gasteiger partial charge is 0.490 e. The van der Waals surface area contributed by atoms with Crippen LogP contribution >= 0.6 is 45.8 Å². The molecule has 3 aromatic rings. The van der Waals surface area contributed by atoms with Crippen molar-refractivity contribution < 1.29 is 28.6 Å². The summed E-state index contributed by atoms with van der Waals surface area (Å²) in [5, 5.41) is 7.50. The molecule has 4 N–H and O–H groups in total. The number of rotatable bonds is 14. The number of nitrogens with two attached hydrogens (primary N) is 1. The molecule has 222 valence electrons. The normalized spacial score (nSPS) is 12.3. The van der Waals surface area contributed by atoms with E-state index in [0.717, 1.165) is 5.56 Å². The van der Waals surface area contributed by atoms with Crippen molar-refractivity contribution in [3.8, 4) is 17.2 Å². The standard InChI is InChI=1S/C29H29Cl2IN4O6/c1-3-40-25-13-19(11-22(32)27(25)41-16-26(33)37)15-34-36-29(39)23(12-18-7-5-4-6-8-18)35-28(38)17(2)42-24-10-9-20(30)14-21(24)31/h4-11,13-15,17,23H,3,12,16H2,1-2H3,(H2,33,37)(H,35,38)(H,36,39)/b34-15-/t17-,23+/m1/s1. The fourth-order valence-electron chi connectivity index (χ4n) is 3.62. The van der Waals surface area contributed by atoms with Crippen molar-refractivity contribution in [3.05, 3.63) is 85.4 Å². The molecular weight excluding hydrogens is 698 g/mol. The van der Waals surface area contributed by atoms with Gasteiger partial charge in [0.15, 0.2) is 24.2 Å². The van der Waals surface area contributed by atoms with E-state index in [-0.39, 0.29) is 23.8 Å². The molecule has 0 bridgehead atoms. The van der Waals surface area contributed by atoms with Gasteiger partial charge >= 0.3 is 0 Å². The van der Waals surface area contributed by atoms with Gasteiger partial charge in [-0.2, -0.15) is 5.10 Å². The van der Waals surface area contributed by atoms with Crippen LogP contribution in [-0.2, 0) is 20.8 Å². The molecule has 13 heteroatoms. The maximum absolute atomic E-state index is 13.2. The van der Waals surface area contributed by atoms with Crippen molar-refractivity contribution in [3.63, 3.8) is 0 Å². The van der Waals surface area contributed by atoms with Crippen LogP contribution in [0.4, 0.5) is 0 Å². The van der Waals surface area contributed by atoms with Crippen LogP contribution in [0.25, 0.3) is 0 Å². The zero-order valence-electron chi connectivity index (χ0n) is 22.7. The minimum absolute atomic E-state index is 0.209. The van der Waals surface area contributed by atoms with Gasteiger partial charge < -0.3 is 25.3 Å². The smallest absolute Gasteiger partial charge is 0.262 e. The summed E-state index contributed by atoms with van der Waals surface area (Å²) >= 11 is 14.1. The van der Waals surface area contributed by atoms with Gasteiger partial charge in [-0.1, -0.05) is 53.5 Å². The molecule has 10 nitrogen and oxygen atoms in total. The van der Waals surface area contributed by atoms with Gasteiger partial charge in [-0.25, -0.2) is 5.43 Å². The van der Waals surface area contributed by atoms with Crippen molar-refractivity contribution in [2.75, 3.05) is 13.2 Å². The molecule has 0 radical (unpaired) electrons. The minimum Gasteiger partial charge on any atom is -0.490 e. The third-order valence-electron chi connectivity index (χ3n) is 5.56. The summed E-state index contributed by atoms with van der Waals surface area (Å²) in [5.41, 5.74) is 9.11. The first-order chi connectivity index (χ1) is 20.1. The number of hydrazone groups is 1. The zero-order valence-corrected chi connectivity index (χ0v) is 26.4. The molecule has 0 saturated heterocycles. The van der Waals surface area contributed by atoms with Gasteiger partial charge in [-0.05, 0) is 77.9 Å². The number of halogens is 3. The SMILES string of the molecule is CCOc1cc(/C=N\NC(=O)[C@H](Cc2ccccc2)NC(=O)[C@@H](C)Oc2ccc(Cl)cc2Cl)cc(I)c1OCC(N)=O. The minimum atomic E-state index is -0.965. The molecule has 0 aliphatic heterocycles. The summed E-state index contributed by atoms with van der Waals surface area (Å²) in [7, 11) is 0. The maximum Gasteiger partial charge on any atom is 0.262 e. The highest BCUT2D eigenvalue weighted by Gasteiger charge is 2.25. The van der Waals surface area contributed by atoms with Gasteiger partial charge in [0, 0.05) is 11.4 Å². The van der Waals surface area contributed by atoms with E-state index in [1.807, 2.05) is 59.8 Å². The van der Waals surface area contributed by atoms with E-state index in [1.165, 1.54) is 12.3 Å². The van der Waals surface area contributed by atoms with E-state index in [1.54, 1.807) is 31.2 Å². The lowest BCUT2D eigenvalue weighted by Gasteiger charge is -2.21. The van der Waals surface area contributed by atoms with Crippen LogP contribution in [0.1, 0.15) is 25.0 Å². The summed E-state index contributed by atoms with van der Waals surface area (Å²) in [6, 6.07) is 16.3. The van der Waals surface area contributed by atoms with Gasteiger partial charge in [0.05, 0.1) is 21.4 Å². The van der Waals surface area contributed by atoms with Crippen molar-refractivity contribution in [2.24, 2.45) is 10.8 Å². The Hall–Kier alpha value is -3.55. The maximum atomic E-state index is 13.2. The van der Waals surface area contributed by atoms with E-state index in [9.17, 15) is 14.4 Å². The van der Waals surface area contributed by atoms with E-state index >= 15 is 0 Å². The molecule has 0 heterocycles. The summed E-state index contributed by atoms with van der Waals surface area (Å²) in [6.07, 6.45) is 0.670. The molecule has 42 heavy (non-hydrogen) atoms. The third kappa shape index (κ3) is 10.1. The Morgan fingerprint density at radius 3 is 2.43 bits per heavy atom. The first-order valence-electron chi connectivity index (χ1n) is 12.7. The second kappa shape index (κ2) is 16.2. The molecule has 2 atom stereocenters. The van der Waals surface area contributed by atoms with Gasteiger partial charge in [-0.15, -0.1) is 0 Å². The van der Waals surface area contributed by atoms with Crippen LogP contribution in [0.5, 0.6) is 17.2 Å². The molecule has 0 spiro atoms. The third-order valence-corrected chi connectivity index (χ3v) is 6.89. The predicted octanol–water partition coefficient (Wildman–Crippen LogP) is 4.51. The molecule has 0 aliphatic rings. The molecule has 0 aromatic heterocycles. The van der Waals surface area contributed by atoms with E-state index < -0.39 is 29.9 Å². The second-order valence-corrected chi connectivity index (χ2v) is 10.8. The van der Waals surface area contributed by atoms with Crippen molar-refractivity contribution >= 4 is 69.7 Å². The summed E-state index contributed by atoms with van der Waals surface area (Å²) in [4.78, 5) is 37.3. The number of carbonyl (C=O) groups is 3. The monoisotopic (exact) mass is 726 g/mol. The number of nitrogens with one attached hydrogen (secondary N) is 2. The second-order valence-electron chi connectivity index (χ2n) is 8.84. The van der Waals surface area contributed by atoms with Gasteiger partial charge in [0.1, 0.15) is 11.8 Å². The lowest BCUT2D eigenvalue weighted by Crippen LogP contribution is -2.50. The lowest BCUT2D eigenvalue weighted by atomic mass is 10.1. The number of ether oxygens (including phenoxy) is 3. The van der Waals surface area contributed by atoms with Crippen LogP contribution in [0.2, 0.25) is 10.0 Å². The number of hydrogen-bond acceptors (Lipinski definition) is 7. The van der Waals surface area contributed by atoms with Gasteiger partial charge in [0.2, 0.25) is 0 Å². The highest BCUT2D eigenvalue weighted by Crippen LogP contribution is 2.34. The van der Waals surface area contributed by atoms with Crippen LogP contribution in [0.3, 0.4) is 0 Å². The Morgan fingerprint density at radius 2 is 1.76 bits per heavy atom. The number of hydrogen-bond donors (Lipinski definition) is 3. The molecule has 0 aliphatic carbocycles. The summed E-state index contributed by atoms with van der Waals surface area (Å²) < 4.78 is 17.5. The van der Waals surface area contributed by atoms with Crippen molar-refractivity contribution in [1.29, 1.82) is 0 Å². The Morgan fingerprint density at radius 1 is 1.02 bits per heavy atom. The van der Waals surface area contributed by atoms with Crippen LogP contribution in [-0.4, -0.2) is 49.3 Å². The summed E-state index contributed by atoms with van der Waals surface area (Å²) in [5.74, 6) is -0.635. The topological polar surface area (TPSA) is 141 Å². The number of nitrogens with zero attached hydrogens (tertiary/aromatic N) is 1. The van der Waals surface area contributed by atoms with E-state index in [4.69, 9.17) is 43.1 Å². The van der Waals surface area contributed by atoms with E-state index in [2.05, 4.69) is 15.8 Å². The molecule has 3 aromatic carbocycles. The van der Waals surface area contributed by atoms with Crippen LogP contribution < -0.4 is 30.7 Å². The highest BCUT2D eigenvalue weighted by atomic mass is 127. The lowest BCUT2D eigenvalue weighted by molar-refractivity contribution is -0.132. The quantitative estimate of drug-likeness (QED) is 0.127. The average molecular weight is 727 g/mol. The predicted molar refractivity (Wildman–Crippen MR) is 169 cm³/mol. The summed E-state index contributed by atoms with van der Waals surface area (Å²) in [6.45, 7) is 3.41. The van der Waals surface area contributed by atoms with E-state index in [0.29, 0.717) is 32.3 Å². The molecule has 0 saturated carbocycles. The Kier molecular flexibility index (Phi) is 12.7. The molecule has 3 amide bonds. The van der Waals surface area contributed by atoms with Crippen molar-refractivity contribution in [1.82, 2.24) is 10.7 Å². The van der Waals surface area contributed by atoms with Crippen LogP contribution in [0, 0.1) is 3.57 Å². The fourth-order valence-corrected chi connectivity index (χ4v) is 4.85. The Balaban J connectivity index is 1.73. The number of amides is 3. The molecular formula is C29H29Cl2IN4O6. The van der Waals surface area contributed by atoms with Gasteiger partial charge in [-0.3, -0.25) is 14.4 Å². The molecule has 0 fully saturated rings. The Bertz CT molecular complexity index is 1440. The number of primary amides is 1. The first kappa shape index (κ1) is 33.0. The number of carbonyl (C=O) groups excluding carboxylic acids is 3. The highest BCUT2D eigenvalue weighted by molar-refractivity contribution is 14.1.